The highest BCUT2D eigenvalue weighted by molar-refractivity contribution is 9.10. The van der Waals surface area contributed by atoms with E-state index in [0.29, 0.717) is 12.6 Å². The molecule has 0 aromatic heterocycles. The lowest BCUT2D eigenvalue weighted by Crippen LogP contribution is -2.29. The summed E-state index contributed by atoms with van der Waals surface area (Å²) < 4.78 is 1.12. The summed E-state index contributed by atoms with van der Waals surface area (Å²) in [5.74, 6) is 0. The van der Waals surface area contributed by atoms with Crippen molar-refractivity contribution in [2.24, 2.45) is 5.41 Å². The fourth-order valence-corrected chi connectivity index (χ4v) is 2.55. The van der Waals surface area contributed by atoms with Gasteiger partial charge in [-0.3, -0.25) is 0 Å². The Balaban J connectivity index is 1.97. The van der Waals surface area contributed by atoms with E-state index in [1.165, 1.54) is 5.56 Å². The van der Waals surface area contributed by atoms with E-state index in [1.54, 1.807) is 0 Å². The largest absolute Gasteiger partial charge is 0.396 e. The van der Waals surface area contributed by atoms with Gasteiger partial charge in [0.1, 0.15) is 0 Å². The number of aliphatic hydroxyl groups excluding tert-OH is 1. The van der Waals surface area contributed by atoms with Crippen LogP contribution in [0.5, 0.6) is 0 Å². The second kappa shape index (κ2) is 5.51. The standard InChI is InChI=1S/C14H20BrNO/c1-2-13(11-4-3-5-12(15)8-11)16-9-14(10-17)6-7-14/h3-5,8,13,16-17H,2,6-7,9-10H2,1H3. The lowest BCUT2D eigenvalue weighted by atomic mass is 10.0. The third kappa shape index (κ3) is 3.30. The number of nitrogens with one attached hydrogen (secondary N) is 1. The molecule has 0 bridgehead atoms. The van der Waals surface area contributed by atoms with Gasteiger partial charge in [0.05, 0.1) is 0 Å². The summed E-state index contributed by atoms with van der Waals surface area (Å²) >= 11 is 3.51. The van der Waals surface area contributed by atoms with Crippen molar-refractivity contribution in [2.45, 2.75) is 32.2 Å². The third-order valence-corrected chi connectivity index (χ3v) is 4.17. The number of hydrogen-bond acceptors (Lipinski definition) is 2. The molecular formula is C14H20BrNO. The highest BCUT2D eigenvalue weighted by Crippen LogP contribution is 2.44. The third-order valence-electron chi connectivity index (χ3n) is 3.68. The zero-order valence-corrected chi connectivity index (χ0v) is 11.8. The van der Waals surface area contributed by atoms with Crippen molar-refractivity contribution in [3.63, 3.8) is 0 Å². The van der Waals surface area contributed by atoms with Crippen molar-refractivity contribution in [1.29, 1.82) is 0 Å². The van der Waals surface area contributed by atoms with Crippen LogP contribution in [0.15, 0.2) is 28.7 Å². The van der Waals surface area contributed by atoms with E-state index in [9.17, 15) is 5.11 Å². The SMILES string of the molecule is CCC(NCC1(CO)CC1)c1cccc(Br)c1. The zero-order chi connectivity index (χ0) is 12.3. The quantitative estimate of drug-likeness (QED) is 0.845. The molecule has 3 heteroatoms. The molecule has 1 atom stereocenters. The second-order valence-corrected chi connectivity index (χ2v) is 5.97. The van der Waals surface area contributed by atoms with E-state index in [4.69, 9.17) is 0 Å². The summed E-state index contributed by atoms with van der Waals surface area (Å²) in [7, 11) is 0. The smallest absolute Gasteiger partial charge is 0.0499 e. The minimum absolute atomic E-state index is 0.180. The van der Waals surface area contributed by atoms with E-state index < -0.39 is 0 Å². The number of rotatable bonds is 6. The van der Waals surface area contributed by atoms with Crippen LogP contribution in [0, 0.1) is 5.41 Å². The Hall–Kier alpha value is -0.380. The first-order valence-corrected chi connectivity index (χ1v) is 7.08. The Morgan fingerprint density at radius 2 is 2.24 bits per heavy atom. The van der Waals surface area contributed by atoms with Gasteiger partial charge < -0.3 is 10.4 Å². The molecule has 2 nitrogen and oxygen atoms in total. The molecule has 1 aromatic rings. The van der Waals surface area contributed by atoms with Crippen LogP contribution in [0.3, 0.4) is 0 Å². The van der Waals surface area contributed by atoms with Gasteiger partial charge >= 0.3 is 0 Å². The Kier molecular flexibility index (Phi) is 4.23. The summed E-state index contributed by atoms with van der Waals surface area (Å²) in [5.41, 5.74) is 1.50. The maximum absolute atomic E-state index is 9.31. The van der Waals surface area contributed by atoms with E-state index in [2.05, 4.69) is 46.4 Å². The maximum atomic E-state index is 9.31. The van der Waals surface area contributed by atoms with E-state index in [0.717, 1.165) is 30.3 Å². The average Bonchev–Trinajstić information content (AvgIpc) is 3.11. The van der Waals surface area contributed by atoms with Crippen LogP contribution < -0.4 is 5.32 Å². The molecule has 0 heterocycles. The van der Waals surface area contributed by atoms with Gasteiger partial charge in [-0.05, 0) is 37.0 Å². The molecule has 1 aromatic carbocycles. The molecular weight excluding hydrogens is 278 g/mol. The van der Waals surface area contributed by atoms with Gasteiger partial charge in [0.15, 0.2) is 0 Å². The van der Waals surface area contributed by atoms with Crippen molar-refractivity contribution in [1.82, 2.24) is 5.32 Å². The van der Waals surface area contributed by atoms with Crippen molar-refractivity contribution >= 4 is 15.9 Å². The average molecular weight is 298 g/mol. The van der Waals surface area contributed by atoms with Gasteiger partial charge in [-0.15, -0.1) is 0 Å². The number of aliphatic hydroxyl groups is 1. The van der Waals surface area contributed by atoms with Crippen LogP contribution in [-0.2, 0) is 0 Å². The lowest BCUT2D eigenvalue weighted by Gasteiger charge is -2.21. The molecule has 0 spiro atoms. The molecule has 2 N–H and O–H groups in total. The first kappa shape index (κ1) is 13.1. The fraction of sp³-hybridized carbons (Fsp3) is 0.571. The van der Waals surface area contributed by atoms with Gasteiger partial charge in [-0.25, -0.2) is 0 Å². The highest BCUT2D eigenvalue weighted by Gasteiger charge is 2.41. The van der Waals surface area contributed by atoms with Crippen LogP contribution in [-0.4, -0.2) is 18.3 Å². The molecule has 1 unspecified atom stereocenters. The molecule has 1 aliphatic rings. The topological polar surface area (TPSA) is 32.3 Å². The van der Waals surface area contributed by atoms with Crippen molar-refractivity contribution in [3.8, 4) is 0 Å². The monoisotopic (exact) mass is 297 g/mol. The molecule has 2 rings (SSSR count). The molecule has 0 saturated heterocycles. The van der Waals surface area contributed by atoms with Gasteiger partial charge in [0, 0.05) is 29.1 Å². The molecule has 0 radical (unpaired) electrons. The lowest BCUT2D eigenvalue weighted by molar-refractivity contribution is 0.203. The maximum Gasteiger partial charge on any atom is 0.0499 e. The number of hydrogen-bond donors (Lipinski definition) is 2. The summed E-state index contributed by atoms with van der Waals surface area (Å²) in [6.07, 6.45) is 3.38. The molecule has 0 amide bonds. The van der Waals surface area contributed by atoms with Crippen LogP contribution >= 0.6 is 15.9 Å². The minimum Gasteiger partial charge on any atom is -0.396 e. The van der Waals surface area contributed by atoms with E-state index in [-0.39, 0.29) is 5.41 Å². The van der Waals surface area contributed by atoms with Crippen LogP contribution in [0.4, 0.5) is 0 Å². The predicted molar refractivity (Wildman–Crippen MR) is 73.9 cm³/mol. The van der Waals surface area contributed by atoms with Crippen molar-refractivity contribution in [3.05, 3.63) is 34.3 Å². The Morgan fingerprint density at radius 3 is 2.76 bits per heavy atom. The first-order chi connectivity index (χ1) is 8.19. The normalized spacial score (nSPS) is 19.0. The van der Waals surface area contributed by atoms with Crippen molar-refractivity contribution in [2.75, 3.05) is 13.2 Å². The summed E-state index contributed by atoms with van der Waals surface area (Å²) in [6, 6.07) is 8.83. The molecule has 1 saturated carbocycles. The molecule has 1 fully saturated rings. The Morgan fingerprint density at radius 1 is 1.47 bits per heavy atom. The van der Waals surface area contributed by atoms with Crippen molar-refractivity contribution < 1.29 is 5.11 Å². The van der Waals surface area contributed by atoms with Gasteiger partial charge in [-0.1, -0.05) is 35.0 Å². The summed E-state index contributed by atoms with van der Waals surface area (Å²) in [6.45, 7) is 3.43. The van der Waals surface area contributed by atoms with Gasteiger partial charge in [0.2, 0.25) is 0 Å². The molecule has 1 aliphatic carbocycles. The highest BCUT2D eigenvalue weighted by atomic mass is 79.9. The van der Waals surface area contributed by atoms with Crippen LogP contribution in [0.25, 0.3) is 0 Å². The summed E-state index contributed by atoms with van der Waals surface area (Å²) in [5, 5.41) is 12.9. The second-order valence-electron chi connectivity index (χ2n) is 5.05. The molecule has 0 aliphatic heterocycles. The van der Waals surface area contributed by atoms with Gasteiger partial charge in [0.25, 0.3) is 0 Å². The van der Waals surface area contributed by atoms with Gasteiger partial charge in [-0.2, -0.15) is 0 Å². The fourth-order valence-electron chi connectivity index (χ4n) is 2.13. The Labute approximate surface area is 112 Å². The molecule has 17 heavy (non-hydrogen) atoms. The Bertz CT molecular complexity index is 376. The first-order valence-electron chi connectivity index (χ1n) is 6.29. The van der Waals surface area contributed by atoms with Crippen LogP contribution in [0.2, 0.25) is 0 Å². The number of halogens is 1. The minimum atomic E-state index is 0.180. The van der Waals surface area contributed by atoms with Crippen LogP contribution in [0.1, 0.15) is 37.8 Å². The number of benzene rings is 1. The summed E-state index contributed by atoms with van der Waals surface area (Å²) in [4.78, 5) is 0. The zero-order valence-electron chi connectivity index (χ0n) is 10.2. The molecule has 94 valence electrons. The van der Waals surface area contributed by atoms with E-state index >= 15 is 0 Å². The van der Waals surface area contributed by atoms with E-state index in [1.807, 2.05) is 6.07 Å². The predicted octanol–water partition coefficient (Wildman–Crippen LogP) is 3.26.